The first-order valence-electron chi connectivity index (χ1n) is 18.6. The van der Waals surface area contributed by atoms with Crippen molar-refractivity contribution >= 4 is 46.6 Å². The normalized spacial score (nSPS) is 15.2. The number of likely N-dealkylation sites (tertiary alicyclic amines) is 1. The minimum atomic E-state index is -0.969. The number of aliphatic imine (C=N–C) groups is 1. The molecule has 0 unspecified atom stereocenters. The Morgan fingerprint density at radius 3 is 2.46 bits per heavy atom. The van der Waals surface area contributed by atoms with E-state index in [1.807, 2.05) is 0 Å². The van der Waals surface area contributed by atoms with Crippen LogP contribution in [0.5, 0.6) is 5.75 Å². The molecule has 2 aromatic rings. The number of nitrogens with two attached hydrogens (primary N) is 2. The Hall–Kier alpha value is -6.19. The second kappa shape index (κ2) is 18.0. The Labute approximate surface area is 324 Å². The third kappa shape index (κ3) is 11.2. The zero-order valence-corrected chi connectivity index (χ0v) is 32.3. The number of alkyl carbamates (subject to hydrolysis) is 1. The Kier molecular flexibility index (Phi) is 13.1. The van der Waals surface area contributed by atoms with E-state index in [-0.39, 0.29) is 36.9 Å². The van der Waals surface area contributed by atoms with Crippen LogP contribution in [-0.4, -0.2) is 76.5 Å². The number of anilines is 1. The molecule has 2 aliphatic heterocycles. The lowest BCUT2D eigenvalue weighted by atomic mass is 10.0. The molecule has 3 atom stereocenters. The van der Waals surface area contributed by atoms with Crippen molar-refractivity contribution in [1.82, 2.24) is 20.5 Å². The number of carbonyl (C=O) groups excluding carboxylic acids is 4. The fraction of sp³-hybridized carbons (Fsp3) is 0.425. The summed E-state index contributed by atoms with van der Waals surface area (Å²) in [5, 5.41) is 8.39. The minimum absolute atomic E-state index is 0.0842. The summed E-state index contributed by atoms with van der Waals surface area (Å²) in [6, 6.07) is 14.0. The summed E-state index contributed by atoms with van der Waals surface area (Å²) in [6.45, 7) is 9.57. The largest absolute Gasteiger partial charge is 0.489 e. The van der Waals surface area contributed by atoms with Gasteiger partial charge in [-0.15, -0.1) is 0 Å². The number of hydrogen-bond acceptors (Lipinski definition) is 10. The van der Waals surface area contributed by atoms with E-state index in [0.717, 1.165) is 5.56 Å². The minimum Gasteiger partial charge on any atom is -0.489 e. The van der Waals surface area contributed by atoms with E-state index in [0.29, 0.717) is 59.8 Å². The van der Waals surface area contributed by atoms with Crippen molar-refractivity contribution in [3.63, 3.8) is 0 Å². The molecule has 0 radical (unpaired) electrons. The van der Waals surface area contributed by atoms with Crippen LogP contribution in [0.2, 0.25) is 0 Å². The summed E-state index contributed by atoms with van der Waals surface area (Å²) in [5.41, 5.74) is 13.0. The highest BCUT2D eigenvalue weighted by Gasteiger charge is 2.40. The molecule has 1 aliphatic carbocycles. The number of nitrogens with one attached hydrogen (secondary N) is 3. The first-order valence-corrected chi connectivity index (χ1v) is 18.6. The van der Waals surface area contributed by atoms with Crippen LogP contribution >= 0.6 is 0 Å². The fourth-order valence-corrected chi connectivity index (χ4v) is 6.23. The van der Waals surface area contributed by atoms with Crippen LogP contribution in [0.3, 0.4) is 0 Å². The number of aromatic nitrogens is 1. The molecule has 5 rings (SSSR count). The maximum Gasteiger partial charge on any atom is 0.408 e. The van der Waals surface area contributed by atoms with Crippen LogP contribution in [0.1, 0.15) is 65.9 Å². The first-order chi connectivity index (χ1) is 26.6. The summed E-state index contributed by atoms with van der Waals surface area (Å²) >= 11 is 0. The molecule has 0 bridgehead atoms. The molecule has 0 saturated carbocycles. The summed E-state index contributed by atoms with van der Waals surface area (Å²) in [4.78, 5) is 75.4. The van der Waals surface area contributed by atoms with Crippen LogP contribution in [0.25, 0.3) is 22.6 Å². The molecule has 3 aliphatic rings. The number of amides is 4. The summed E-state index contributed by atoms with van der Waals surface area (Å²) in [7, 11) is 0. The lowest BCUT2D eigenvalue weighted by Gasteiger charge is -2.31. The van der Waals surface area contributed by atoms with Gasteiger partial charge in [0.2, 0.25) is 17.7 Å². The van der Waals surface area contributed by atoms with Crippen LogP contribution in [0.4, 0.5) is 10.5 Å². The lowest BCUT2D eigenvalue weighted by Crippen LogP contribution is -2.57. The number of benzene rings is 3. The predicted molar refractivity (Wildman–Crippen MR) is 211 cm³/mol. The Bertz CT molecular complexity index is 2090. The van der Waals surface area contributed by atoms with Crippen LogP contribution in [0.15, 0.2) is 74.9 Å². The molecule has 298 valence electrons. The average molecular weight is 771 g/mol. The number of fused-ring (bicyclic) bond motifs is 2. The van der Waals surface area contributed by atoms with E-state index in [4.69, 9.17) is 25.4 Å². The van der Waals surface area contributed by atoms with E-state index in [2.05, 4.69) is 25.9 Å². The molecule has 56 heavy (non-hydrogen) atoms. The molecule has 7 N–H and O–H groups in total. The summed E-state index contributed by atoms with van der Waals surface area (Å²) in [5.74, 6) is -0.782. The smallest absolute Gasteiger partial charge is 0.408 e. The number of nitrogens with zero attached hydrogens (tertiary/aromatic N) is 3. The molecule has 4 amide bonds. The quantitative estimate of drug-likeness (QED) is 0.0534. The molecule has 0 spiro atoms. The maximum absolute atomic E-state index is 13.7. The maximum atomic E-state index is 13.7. The number of hydrogen-bond donors (Lipinski definition) is 5. The SMILES string of the molecule is CC(C)[C@H](NC(=O)OC(C)(C)C)C(=O)N1CCC[C@H]1C(=O)N[C@@H](CCCN=C(N)N)C(=O)Nc1ccc(COc2ccc3nc4ccc(=O)cc-4oc3c2)cc1. The lowest BCUT2D eigenvalue weighted by molar-refractivity contribution is -0.141. The third-order valence-corrected chi connectivity index (χ3v) is 8.97. The van der Waals surface area contributed by atoms with E-state index < -0.39 is 47.5 Å². The van der Waals surface area contributed by atoms with Gasteiger partial charge in [0.25, 0.3) is 0 Å². The van der Waals surface area contributed by atoms with Gasteiger partial charge < -0.3 is 46.2 Å². The second-order valence-corrected chi connectivity index (χ2v) is 15.0. The fourth-order valence-electron chi connectivity index (χ4n) is 6.23. The average Bonchev–Trinajstić information content (AvgIpc) is 3.63. The van der Waals surface area contributed by atoms with Gasteiger partial charge in [-0.05, 0) is 94.3 Å². The molecule has 2 heterocycles. The highest BCUT2D eigenvalue weighted by Crippen LogP contribution is 2.27. The highest BCUT2D eigenvalue weighted by molar-refractivity contribution is 5.99. The van der Waals surface area contributed by atoms with Crippen molar-refractivity contribution in [2.75, 3.05) is 18.4 Å². The van der Waals surface area contributed by atoms with Gasteiger partial charge in [0, 0.05) is 30.9 Å². The van der Waals surface area contributed by atoms with E-state index in [9.17, 15) is 24.0 Å². The Morgan fingerprint density at radius 1 is 1.02 bits per heavy atom. The second-order valence-electron chi connectivity index (χ2n) is 15.0. The third-order valence-electron chi connectivity index (χ3n) is 8.97. The first kappa shape index (κ1) is 41.0. The number of carbonyl (C=O) groups is 4. The standard InChI is InChI=1S/C40H50N8O8/c1-23(2)34(47-39(53)56-40(3,4)5)37(52)48-19-7-9-31(48)36(51)46-30(8-6-18-43-38(41)42)35(50)44-25-12-10-24(11-13-25)22-54-27-15-17-29-33(21-27)55-32-20-26(49)14-16-28(32)45-29/h10-17,20-21,23,30-31,34H,6-9,18-19,22H2,1-5H3,(H,44,50)(H,46,51)(H,47,53)(H4,41,42,43)/t30-,31-,34-/m0/s1. The van der Waals surface area contributed by atoms with E-state index >= 15 is 0 Å². The van der Waals surface area contributed by atoms with Crippen LogP contribution in [0, 0.1) is 5.92 Å². The van der Waals surface area contributed by atoms with Gasteiger partial charge in [0.15, 0.2) is 22.7 Å². The van der Waals surface area contributed by atoms with Crippen molar-refractivity contribution in [1.29, 1.82) is 0 Å². The molecule has 0 aromatic heterocycles. The van der Waals surface area contributed by atoms with Gasteiger partial charge >= 0.3 is 6.09 Å². The van der Waals surface area contributed by atoms with Crippen molar-refractivity contribution in [2.24, 2.45) is 22.4 Å². The van der Waals surface area contributed by atoms with Crippen molar-refractivity contribution in [3.05, 3.63) is 76.5 Å². The van der Waals surface area contributed by atoms with Gasteiger partial charge in [-0.2, -0.15) is 0 Å². The van der Waals surface area contributed by atoms with Gasteiger partial charge in [-0.1, -0.05) is 26.0 Å². The number of guanidine groups is 1. The van der Waals surface area contributed by atoms with Gasteiger partial charge in [-0.3, -0.25) is 24.2 Å². The monoisotopic (exact) mass is 770 g/mol. The van der Waals surface area contributed by atoms with Gasteiger partial charge in [0.05, 0.1) is 0 Å². The molecule has 1 fully saturated rings. The zero-order valence-electron chi connectivity index (χ0n) is 32.3. The van der Waals surface area contributed by atoms with E-state index in [1.165, 1.54) is 17.0 Å². The zero-order chi connectivity index (χ0) is 40.6. The van der Waals surface area contributed by atoms with Crippen molar-refractivity contribution in [3.8, 4) is 17.2 Å². The van der Waals surface area contributed by atoms with Crippen LogP contribution in [-0.2, 0) is 25.7 Å². The molecule has 1 saturated heterocycles. The Balaban J connectivity index is 1.22. The predicted octanol–water partition coefficient (Wildman–Crippen LogP) is 3.89. The molecule has 16 nitrogen and oxygen atoms in total. The van der Waals surface area contributed by atoms with E-state index in [1.54, 1.807) is 83.1 Å². The summed E-state index contributed by atoms with van der Waals surface area (Å²) in [6.07, 6.45) is 0.856. The molecular weight excluding hydrogens is 720 g/mol. The van der Waals surface area contributed by atoms with Crippen LogP contribution < -0.4 is 37.6 Å². The number of rotatable bonds is 14. The summed E-state index contributed by atoms with van der Waals surface area (Å²) < 4.78 is 17.2. The Morgan fingerprint density at radius 2 is 1.77 bits per heavy atom. The molecule has 2 aromatic carbocycles. The topological polar surface area (TPSA) is 234 Å². The van der Waals surface area contributed by atoms with Gasteiger partial charge in [-0.25, -0.2) is 9.78 Å². The van der Waals surface area contributed by atoms with Crippen molar-refractivity contribution < 1.29 is 33.1 Å². The van der Waals surface area contributed by atoms with Gasteiger partial charge in [0.1, 0.15) is 47.3 Å². The molecule has 16 heteroatoms. The van der Waals surface area contributed by atoms with Crippen molar-refractivity contribution in [2.45, 2.75) is 90.6 Å². The molecular formula is C40H50N8O8. The highest BCUT2D eigenvalue weighted by atomic mass is 16.6. The number of ether oxygens (including phenoxy) is 2.